The first kappa shape index (κ1) is 36.5. The van der Waals surface area contributed by atoms with Crippen molar-refractivity contribution in [1.29, 1.82) is 0 Å². The fourth-order valence-electron chi connectivity index (χ4n) is 6.38. The van der Waals surface area contributed by atoms with E-state index in [1.165, 1.54) is 64.2 Å². The van der Waals surface area contributed by atoms with Crippen LogP contribution in [0.1, 0.15) is 104 Å². The van der Waals surface area contributed by atoms with Crippen LogP contribution in [-0.2, 0) is 18.6 Å². The van der Waals surface area contributed by atoms with Gasteiger partial charge in [-0.3, -0.25) is 0 Å². The molecule has 0 aromatic heterocycles. The van der Waals surface area contributed by atoms with E-state index in [0.717, 1.165) is 96.8 Å². The highest BCUT2D eigenvalue weighted by atomic mass is 16.6. The van der Waals surface area contributed by atoms with Crippen LogP contribution in [-0.4, -0.2) is 53.9 Å². The molecular formula is C40H56B2O6. The van der Waals surface area contributed by atoms with Crippen LogP contribution in [0.4, 0.5) is 0 Å². The molecule has 48 heavy (non-hydrogen) atoms. The summed E-state index contributed by atoms with van der Waals surface area (Å²) in [6, 6.07) is 21.4. The molecule has 3 aromatic carbocycles. The van der Waals surface area contributed by atoms with E-state index in [9.17, 15) is 0 Å². The van der Waals surface area contributed by atoms with Gasteiger partial charge in [-0.2, -0.15) is 0 Å². The molecule has 2 fully saturated rings. The van der Waals surface area contributed by atoms with Gasteiger partial charge in [0.15, 0.2) is 0 Å². The molecule has 0 unspecified atom stereocenters. The van der Waals surface area contributed by atoms with Crippen LogP contribution in [0.2, 0.25) is 0 Å². The van der Waals surface area contributed by atoms with Gasteiger partial charge < -0.3 is 28.1 Å². The largest absolute Gasteiger partial charge is 0.493 e. The maximum Gasteiger partial charge on any atom is 0.493 e. The van der Waals surface area contributed by atoms with Gasteiger partial charge in [0.1, 0.15) is 11.5 Å². The molecule has 2 aliphatic rings. The number of hydrogen-bond donors (Lipinski definition) is 0. The first-order valence-electron chi connectivity index (χ1n) is 18.9. The molecule has 2 saturated heterocycles. The van der Waals surface area contributed by atoms with Gasteiger partial charge in [0, 0.05) is 37.6 Å². The molecule has 8 heteroatoms. The van der Waals surface area contributed by atoms with Gasteiger partial charge in [-0.1, -0.05) is 127 Å². The lowest BCUT2D eigenvalue weighted by atomic mass is 9.77. The van der Waals surface area contributed by atoms with E-state index in [1.54, 1.807) is 0 Å². The zero-order valence-corrected chi connectivity index (χ0v) is 29.5. The van der Waals surface area contributed by atoms with Crippen LogP contribution in [0.3, 0.4) is 0 Å². The van der Waals surface area contributed by atoms with Crippen molar-refractivity contribution in [3.63, 3.8) is 0 Å². The van der Waals surface area contributed by atoms with Crippen molar-refractivity contribution in [1.82, 2.24) is 0 Å². The quantitative estimate of drug-likeness (QED) is 0.0898. The number of ether oxygens (including phenoxy) is 2. The second-order valence-electron chi connectivity index (χ2n) is 13.2. The number of unbranched alkanes of at least 4 members (excludes halogenated alkanes) is 10. The molecule has 2 heterocycles. The Hall–Kier alpha value is -2.77. The van der Waals surface area contributed by atoms with Gasteiger partial charge in [-0.05, 0) is 59.9 Å². The van der Waals surface area contributed by atoms with Gasteiger partial charge in [-0.15, -0.1) is 0 Å². The van der Waals surface area contributed by atoms with Gasteiger partial charge in [0.25, 0.3) is 0 Å². The standard InChI is InChI=1S/C40H56B2O6/c1-3-5-7-9-11-13-25-43-39-31-38(34-19-23-36(24-20-34)42-47-29-16-30-48-42)40(44-26-14-12-10-8-6-4-2)32-37(39)33-17-21-35(22-18-33)41-45-27-15-28-46-41/h17-24,31-32H,3-16,25-30H2,1-2H3. The second kappa shape index (κ2) is 20.7. The molecular weight excluding hydrogens is 598 g/mol. The van der Waals surface area contributed by atoms with Crippen molar-refractivity contribution in [2.24, 2.45) is 0 Å². The van der Waals surface area contributed by atoms with Crippen molar-refractivity contribution in [3.8, 4) is 33.8 Å². The molecule has 0 bridgehead atoms. The molecule has 258 valence electrons. The molecule has 0 N–H and O–H groups in total. The summed E-state index contributed by atoms with van der Waals surface area (Å²) in [5, 5.41) is 0. The lowest BCUT2D eigenvalue weighted by molar-refractivity contribution is 0.143. The topological polar surface area (TPSA) is 55.4 Å². The maximum absolute atomic E-state index is 6.62. The van der Waals surface area contributed by atoms with Crippen molar-refractivity contribution in [2.45, 2.75) is 104 Å². The third-order valence-corrected chi connectivity index (χ3v) is 9.23. The van der Waals surface area contributed by atoms with Crippen LogP contribution in [0.5, 0.6) is 11.5 Å². The first-order chi connectivity index (χ1) is 23.8. The highest BCUT2D eigenvalue weighted by Crippen LogP contribution is 2.41. The van der Waals surface area contributed by atoms with Crippen molar-refractivity contribution in [2.75, 3.05) is 39.6 Å². The number of hydrogen-bond acceptors (Lipinski definition) is 6. The number of rotatable bonds is 20. The highest BCUT2D eigenvalue weighted by molar-refractivity contribution is 6.61. The summed E-state index contributed by atoms with van der Waals surface area (Å²) >= 11 is 0. The average molecular weight is 655 g/mol. The highest BCUT2D eigenvalue weighted by Gasteiger charge is 2.26. The van der Waals surface area contributed by atoms with Crippen LogP contribution >= 0.6 is 0 Å². The van der Waals surface area contributed by atoms with Gasteiger partial charge >= 0.3 is 14.2 Å². The molecule has 0 aliphatic carbocycles. The fraction of sp³-hybridized carbons (Fsp3) is 0.550. The average Bonchev–Trinajstić information content (AvgIpc) is 3.15. The summed E-state index contributed by atoms with van der Waals surface area (Å²) < 4.78 is 36.7. The van der Waals surface area contributed by atoms with E-state index in [0.29, 0.717) is 13.2 Å². The summed E-state index contributed by atoms with van der Waals surface area (Å²) in [5.41, 5.74) is 6.34. The molecule has 0 spiro atoms. The SMILES string of the molecule is CCCCCCCCOc1cc(-c2ccc(B3OCCCO3)cc2)c(OCCCCCCCC)cc1-c1ccc(B2OCCCO2)cc1. The third kappa shape index (κ3) is 11.1. The molecule has 6 nitrogen and oxygen atoms in total. The molecule has 2 aliphatic heterocycles. The Morgan fingerprint density at radius 3 is 1.21 bits per heavy atom. The minimum Gasteiger partial charge on any atom is -0.493 e. The van der Waals surface area contributed by atoms with E-state index in [1.807, 2.05) is 0 Å². The minimum atomic E-state index is -0.304. The summed E-state index contributed by atoms with van der Waals surface area (Å²) in [6.07, 6.45) is 16.6. The van der Waals surface area contributed by atoms with Gasteiger partial charge in [0.05, 0.1) is 13.2 Å². The summed E-state index contributed by atoms with van der Waals surface area (Å²) in [4.78, 5) is 0. The van der Waals surface area contributed by atoms with E-state index < -0.39 is 0 Å². The third-order valence-electron chi connectivity index (χ3n) is 9.23. The predicted molar refractivity (Wildman–Crippen MR) is 199 cm³/mol. The van der Waals surface area contributed by atoms with E-state index in [2.05, 4.69) is 74.5 Å². The smallest absolute Gasteiger partial charge is 0.493 e. The Labute approximate surface area is 290 Å². The fourth-order valence-corrected chi connectivity index (χ4v) is 6.38. The summed E-state index contributed by atoms with van der Waals surface area (Å²) in [7, 11) is -0.607. The Kier molecular flexibility index (Phi) is 15.7. The van der Waals surface area contributed by atoms with Crippen molar-refractivity contribution in [3.05, 3.63) is 60.7 Å². The van der Waals surface area contributed by atoms with Gasteiger partial charge in [-0.25, -0.2) is 0 Å². The maximum atomic E-state index is 6.62. The molecule has 0 radical (unpaired) electrons. The van der Waals surface area contributed by atoms with Crippen molar-refractivity contribution >= 4 is 25.2 Å². The molecule has 0 amide bonds. The normalized spacial score (nSPS) is 15.1. The Morgan fingerprint density at radius 2 is 0.833 bits per heavy atom. The van der Waals surface area contributed by atoms with Crippen LogP contribution in [0.25, 0.3) is 22.3 Å². The van der Waals surface area contributed by atoms with Crippen LogP contribution < -0.4 is 20.4 Å². The second-order valence-corrected chi connectivity index (χ2v) is 13.2. The lowest BCUT2D eigenvalue weighted by Crippen LogP contribution is -2.40. The molecule has 0 saturated carbocycles. The first-order valence-corrected chi connectivity index (χ1v) is 18.9. The zero-order valence-electron chi connectivity index (χ0n) is 29.5. The van der Waals surface area contributed by atoms with Crippen LogP contribution in [0, 0.1) is 0 Å². The van der Waals surface area contributed by atoms with Crippen molar-refractivity contribution < 1.29 is 28.1 Å². The Bertz CT molecular complexity index is 1220. The molecule has 0 atom stereocenters. The Morgan fingerprint density at radius 1 is 0.479 bits per heavy atom. The Balaban J connectivity index is 1.41. The van der Waals surface area contributed by atoms with Crippen LogP contribution in [0.15, 0.2) is 60.7 Å². The predicted octanol–water partition coefficient (Wildman–Crippen LogP) is 8.76. The lowest BCUT2D eigenvalue weighted by Gasteiger charge is -2.21. The molecule has 5 rings (SSSR count). The van der Waals surface area contributed by atoms with E-state index in [4.69, 9.17) is 28.1 Å². The van der Waals surface area contributed by atoms with Gasteiger partial charge in [0.2, 0.25) is 0 Å². The summed E-state index contributed by atoms with van der Waals surface area (Å²) in [5.74, 6) is 1.76. The van der Waals surface area contributed by atoms with E-state index >= 15 is 0 Å². The van der Waals surface area contributed by atoms with E-state index in [-0.39, 0.29) is 14.2 Å². The number of benzene rings is 3. The molecule has 3 aromatic rings. The minimum absolute atomic E-state index is 0.304. The summed E-state index contributed by atoms with van der Waals surface area (Å²) in [6.45, 7) is 8.81. The monoisotopic (exact) mass is 654 g/mol. The zero-order chi connectivity index (χ0) is 33.2.